The molecule has 0 fully saturated rings. The molecule has 0 saturated heterocycles. The molecule has 0 aliphatic carbocycles. The summed E-state index contributed by atoms with van der Waals surface area (Å²) in [4.78, 5) is 38.7. The number of carbonyl (C=O) groups is 3. The minimum absolute atomic E-state index is 0.0476. The third kappa shape index (κ3) is 9.10. The predicted molar refractivity (Wildman–Crippen MR) is 108 cm³/mol. The monoisotopic (exact) mass is 391 g/mol. The average molecular weight is 392 g/mol. The quantitative estimate of drug-likeness (QED) is 0.562. The van der Waals surface area contributed by atoms with Crippen molar-refractivity contribution >= 4 is 17.7 Å². The maximum absolute atomic E-state index is 12.6. The maximum Gasteiger partial charge on any atom is 0.230 e. The third-order valence-electron chi connectivity index (χ3n) is 4.71. The Balaban J connectivity index is 2.73. The minimum Gasteiger partial charge on any atom is -0.383 e. The number of methoxy groups -OCH3 is 1. The summed E-state index contributed by atoms with van der Waals surface area (Å²) in [6.45, 7) is 2.76. The summed E-state index contributed by atoms with van der Waals surface area (Å²) in [5.74, 6) is -1.55. The first kappa shape index (κ1) is 23.8. The van der Waals surface area contributed by atoms with E-state index in [1.807, 2.05) is 37.3 Å². The Bertz CT molecular complexity index is 621. The van der Waals surface area contributed by atoms with Gasteiger partial charge in [-0.25, -0.2) is 0 Å². The molecule has 0 radical (unpaired) electrons. The first-order chi connectivity index (χ1) is 13.4. The van der Waals surface area contributed by atoms with Crippen LogP contribution in [0.2, 0.25) is 0 Å². The second-order valence-corrected chi connectivity index (χ2v) is 7.02. The van der Waals surface area contributed by atoms with Crippen LogP contribution in [0.25, 0.3) is 0 Å². The molecule has 1 aromatic rings. The van der Waals surface area contributed by atoms with Gasteiger partial charge in [0.15, 0.2) is 0 Å². The summed E-state index contributed by atoms with van der Waals surface area (Å²) in [5.41, 5.74) is 6.87. The number of benzene rings is 1. The molecule has 1 aromatic carbocycles. The van der Waals surface area contributed by atoms with Gasteiger partial charge < -0.3 is 15.4 Å². The van der Waals surface area contributed by atoms with Crippen LogP contribution in [0.5, 0.6) is 0 Å². The van der Waals surface area contributed by atoms with Gasteiger partial charge in [-0.15, -0.1) is 0 Å². The van der Waals surface area contributed by atoms with Gasteiger partial charge >= 0.3 is 0 Å². The number of nitrogens with one attached hydrogen (secondary N) is 1. The van der Waals surface area contributed by atoms with E-state index in [9.17, 15) is 14.4 Å². The molecule has 7 heteroatoms. The molecule has 0 saturated carbocycles. The van der Waals surface area contributed by atoms with Crippen LogP contribution in [0, 0.1) is 5.92 Å². The van der Waals surface area contributed by atoms with Gasteiger partial charge in [0.2, 0.25) is 17.7 Å². The largest absolute Gasteiger partial charge is 0.383 e. The van der Waals surface area contributed by atoms with Gasteiger partial charge in [-0.05, 0) is 24.8 Å². The van der Waals surface area contributed by atoms with Crippen LogP contribution in [0.3, 0.4) is 0 Å². The molecule has 0 aliphatic heterocycles. The second kappa shape index (κ2) is 13.0. The van der Waals surface area contributed by atoms with Crippen LogP contribution in [0.1, 0.15) is 38.2 Å². The highest BCUT2D eigenvalue weighted by atomic mass is 16.5. The van der Waals surface area contributed by atoms with Crippen molar-refractivity contribution < 1.29 is 19.1 Å². The number of imide groups is 1. The Morgan fingerprint density at radius 1 is 1.18 bits per heavy atom. The van der Waals surface area contributed by atoms with Crippen LogP contribution in [0.15, 0.2) is 30.3 Å². The molecule has 0 heterocycles. The molecule has 3 N–H and O–H groups in total. The third-order valence-corrected chi connectivity index (χ3v) is 4.71. The van der Waals surface area contributed by atoms with E-state index >= 15 is 0 Å². The van der Waals surface area contributed by atoms with Crippen molar-refractivity contribution in [1.29, 1.82) is 0 Å². The highest BCUT2D eigenvalue weighted by Gasteiger charge is 2.25. The average Bonchev–Trinajstić information content (AvgIpc) is 2.69. The fourth-order valence-electron chi connectivity index (χ4n) is 2.70. The van der Waals surface area contributed by atoms with E-state index in [1.54, 1.807) is 19.1 Å². The van der Waals surface area contributed by atoms with Gasteiger partial charge in [-0.1, -0.05) is 37.3 Å². The van der Waals surface area contributed by atoms with Crippen LogP contribution < -0.4 is 11.1 Å². The minimum atomic E-state index is -0.584. The maximum atomic E-state index is 12.6. The van der Waals surface area contributed by atoms with Gasteiger partial charge in [0, 0.05) is 45.5 Å². The summed E-state index contributed by atoms with van der Waals surface area (Å²) in [6, 6.07) is 9.47. The van der Waals surface area contributed by atoms with Crippen LogP contribution in [0.4, 0.5) is 0 Å². The fourth-order valence-corrected chi connectivity index (χ4v) is 2.70. The molecule has 0 aliphatic rings. The Morgan fingerprint density at radius 3 is 2.46 bits per heavy atom. The molecular formula is C21H33N3O4. The zero-order valence-corrected chi connectivity index (χ0v) is 17.1. The highest BCUT2D eigenvalue weighted by Crippen LogP contribution is 2.15. The van der Waals surface area contributed by atoms with E-state index in [1.165, 1.54) is 0 Å². The number of ether oxygens (including phenoxy) is 1. The molecule has 3 amide bonds. The summed E-state index contributed by atoms with van der Waals surface area (Å²) in [6.07, 6.45) is 1.92. The summed E-state index contributed by atoms with van der Waals surface area (Å²) < 4.78 is 4.99. The number of rotatable bonds is 12. The summed E-state index contributed by atoms with van der Waals surface area (Å²) in [5, 5.41) is 2.42. The SMILES string of the molecule is CC[C@@H](N)CC(=O)NC(=O)[C@H](CCc1ccccc1)CC(=O)N(C)CCOC. The lowest BCUT2D eigenvalue weighted by Crippen LogP contribution is -2.41. The molecule has 2 atom stereocenters. The molecule has 0 bridgehead atoms. The fraction of sp³-hybridized carbons (Fsp3) is 0.571. The van der Waals surface area contributed by atoms with Crippen molar-refractivity contribution in [2.24, 2.45) is 11.7 Å². The topological polar surface area (TPSA) is 102 Å². The second-order valence-electron chi connectivity index (χ2n) is 7.02. The molecule has 156 valence electrons. The molecular weight excluding hydrogens is 358 g/mol. The smallest absolute Gasteiger partial charge is 0.230 e. The van der Waals surface area contributed by atoms with Crippen molar-refractivity contribution in [3.63, 3.8) is 0 Å². The number of likely N-dealkylation sites (N-methyl/N-ethyl adjacent to an activating group) is 1. The molecule has 0 spiro atoms. The van der Waals surface area contributed by atoms with Gasteiger partial charge in [0.05, 0.1) is 6.61 Å². The first-order valence-electron chi connectivity index (χ1n) is 9.73. The van der Waals surface area contributed by atoms with Crippen LogP contribution >= 0.6 is 0 Å². The molecule has 0 unspecified atom stereocenters. The first-order valence-corrected chi connectivity index (χ1v) is 9.73. The van der Waals surface area contributed by atoms with Crippen molar-refractivity contribution in [2.75, 3.05) is 27.3 Å². The molecule has 1 rings (SSSR count). The number of carbonyl (C=O) groups excluding carboxylic acids is 3. The van der Waals surface area contributed by atoms with E-state index in [2.05, 4.69) is 5.32 Å². The standard InChI is InChI=1S/C21H33N3O4/c1-4-18(22)15-19(25)23-21(27)17(11-10-16-8-6-5-7-9-16)14-20(26)24(2)12-13-28-3/h5-9,17-18H,4,10-15,22H2,1-3H3,(H,23,25,27)/t17-,18-/m1/s1. The van der Waals surface area contributed by atoms with E-state index in [0.29, 0.717) is 32.4 Å². The Hall–Kier alpha value is -2.25. The van der Waals surface area contributed by atoms with E-state index in [0.717, 1.165) is 5.56 Å². The van der Waals surface area contributed by atoms with Crippen molar-refractivity contribution in [3.8, 4) is 0 Å². The number of amides is 3. The van der Waals surface area contributed by atoms with Gasteiger partial charge in [-0.3, -0.25) is 19.7 Å². The lowest BCUT2D eigenvalue weighted by atomic mass is 9.94. The summed E-state index contributed by atoms with van der Waals surface area (Å²) in [7, 11) is 3.25. The predicted octanol–water partition coefficient (Wildman–Crippen LogP) is 1.50. The normalized spacial score (nSPS) is 12.9. The Kier molecular flexibility index (Phi) is 11.1. The molecule has 0 aromatic heterocycles. The Labute approximate surface area is 167 Å². The van der Waals surface area contributed by atoms with E-state index < -0.39 is 17.7 Å². The number of hydrogen-bond donors (Lipinski definition) is 2. The van der Waals surface area contributed by atoms with Crippen LogP contribution in [-0.4, -0.2) is 56.0 Å². The zero-order chi connectivity index (χ0) is 20.9. The van der Waals surface area contributed by atoms with Crippen molar-refractivity contribution in [2.45, 2.75) is 45.1 Å². The Morgan fingerprint density at radius 2 is 1.86 bits per heavy atom. The zero-order valence-electron chi connectivity index (χ0n) is 17.1. The van der Waals surface area contributed by atoms with Crippen LogP contribution in [-0.2, 0) is 25.5 Å². The lowest BCUT2D eigenvalue weighted by molar-refractivity contribution is -0.138. The number of nitrogens with zero attached hydrogens (tertiary/aromatic N) is 1. The van der Waals surface area contributed by atoms with Crippen molar-refractivity contribution in [1.82, 2.24) is 10.2 Å². The van der Waals surface area contributed by atoms with Crippen molar-refractivity contribution in [3.05, 3.63) is 35.9 Å². The highest BCUT2D eigenvalue weighted by molar-refractivity contribution is 5.97. The van der Waals surface area contributed by atoms with E-state index in [-0.39, 0.29) is 24.8 Å². The number of aryl methyl sites for hydroxylation is 1. The van der Waals surface area contributed by atoms with E-state index in [4.69, 9.17) is 10.5 Å². The van der Waals surface area contributed by atoms with Gasteiger partial charge in [0.25, 0.3) is 0 Å². The summed E-state index contributed by atoms with van der Waals surface area (Å²) >= 11 is 0. The van der Waals surface area contributed by atoms with Gasteiger partial charge in [-0.2, -0.15) is 0 Å². The number of nitrogens with two attached hydrogens (primary N) is 1. The lowest BCUT2D eigenvalue weighted by Gasteiger charge is -2.21. The van der Waals surface area contributed by atoms with Gasteiger partial charge in [0.1, 0.15) is 0 Å². The molecule has 7 nitrogen and oxygen atoms in total. The molecule has 28 heavy (non-hydrogen) atoms. The number of hydrogen-bond acceptors (Lipinski definition) is 5.